The number of nitrogens with one attached hydrogen (secondary N) is 1. The van der Waals surface area contributed by atoms with Gasteiger partial charge in [-0.25, -0.2) is 0 Å². The zero-order chi connectivity index (χ0) is 21.2. The third kappa shape index (κ3) is 7.24. The molecule has 0 saturated carbocycles. The highest BCUT2D eigenvalue weighted by Gasteiger charge is 2.28. The third-order valence-electron chi connectivity index (χ3n) is 4.79. The van der Waals surface area contributed by atoms with Crippen molar-refractivity contribution in [2.24, 2.45) is 0 Å². The molecule has 0 aromatic heterocycles. The minimum Gasteiger partial charge on any atom is -0.354 e. The smallest absolute Gasteiger partial charge is 0.242 e. The first-order valence-electron chi connectivity index (χ1n) is 10.3. The molecule has 0 unspecified atom stereocenters. The first-order valence-corrected chi connectivity index (χ1v) is 11.2. The Balaban J connectivity index is 2.16. The summed E-state index contributed by atoms with van der Waals surface area (Å²) in [6.45, 7) is 9.13. The van der Waals surface area contributed by atoms with Crippen molar-refractivity contribution in [3.8, 4) is 0 Å². The van der Waals surface area contributed by atoms with Gasteiger partial charge in [-0.05, 0) is 44.4 Å². The maximum absolute atomic E-state index is 13.2. The van der Waals surface area contributed by atoms with Crippen molar-refractivity contribution in [3.63, 3.8) is 0 Å². The van der Waals surface area contributed by atoms with Crippen LogP contribution in [0.4, 0.5) is 0 Å². The van der Waals surface area contributed by atoms with Gasteiger partial charge < -0.3 is 10.2 Å². The molecule has 0 fully saturated rings. The minimum atomic E-state index is -0.464. The molecule has 156 valence electrons. The molecular weight excluding hydrogens is 380 g/mol. The molecule has 4 nitrogen and oxygen atoms in total. The van der Waals surface area contributed by atoms with Gasteiger partial charge in [0.25, 0.3) is 0 Å². The minimum absolute atomic E-state index is 0.0188. The highest BCUT2D eigenvalue weighted by Crippen LogP contribution is 2.21. The van der Waals surface area contributed by atoms with E-state index in [1.54, 1.807) is 4.90 Å². The van der Waals surface area contributed by atoms with Crippen molar-refractivity contribution in [1.82, 2.24) is 10.2 Å². The molecule has 0 aliphatic rings. The summed E-state index contributed by atoms with van der Waals surface area (Å²) in [4.78, 5) is 28.7. The first-order chi connectivity index (χ1) is 13.9. The van der Waals surface area contributed by atoms with Crippen molar-refractivity contribution < 1.29 is 9.59 Å². The van der Waals surface area contributed by atoms with Crippen LogP contribution in [0.1, 0.15) is 43.4 Å². The summed E-state index contributed by atoms with van der Waals surface area (Å²) in [5.74, 6) is 0.219. The second kappa shape index (κ2) is 11.7. The zero-order valence-corrected chi connectivity index (χ0v) is 18.7. The number of amides is 2. The Morgan fingerprint density at radius 1 is 0.966 bits per heavy atom. The van der Waals surface area contributed by atoms with Crippen molar-refractivity contribution >= 4 is 23.6 Å². The van der Waals surface area contributed by atoms with E-state index >= 15 is 0 Å². The van der Waals surface area contributed by atoms with E-state index in [1.807, 2.05) is 76.2 Å². The van der Waals surface area contributed by atoms with Crippen LogP contribution in [-0.2, 0) is 16.1 Å². The molecule has 1 N–H and O–H groups in total. The average Bonchev–Trinajstić information content (AvgIpc) is 2.72. The number of nitrogens with zero attached hydrogens (tertiary/aromatic N) is 1. The van der Waals surface area contributed by atoms with E-state index in [-0.39, 0.29) is 11.8 Å². The van der Waals surface area contributed by atoms with Gasteiger partial charge in [-0.2, -0.15) is 0 Å². The fourth-order valence-electron chi connectivity index (χ4n) is 3.04. The predicted octanol–water partition coefficient (Wildman–Crippen LogP) is 4.73. The van der Waals surface area contributed by atoms with Gasteiger partial charge in [-0.3, -0.25) is 9.59 Å². The van der Waals surface area contributed by atoms with Gasteiger partial charge in [0.15, 0.2) is 0 Å². The van der Waals surface area contributed by atoms with Crippen LogP contribution in [-0.4, -0.2) is 35.1 Å². The van der Waals surface area contributed by atoms with Gasteiger partial charge in [-0.15, -0.1) is 11.8 Å². The normalized spacial score (nSPS) is 11.7. The monoisotopic (exact) mass is 412 g/mol. The molecule has 2 aromatic carbocycles. The van der Waals surface area contributed by atoms with Gasteiger partial charge >= 0.3 is 0 Å². The van der Waals surface area contributed by atoms with E-state index in [0.717, 1.165) is 16.9 Å². The number of rotatable bonds is 10. The third-order valence-corrected chi connectivity index (χ3v) is 5.79. The molecule has 2 rings (SSSR count). The van der Waals surface area contributed by atoms with E-state index in [1.165, 1.54) is 22.9 Å². The molecule has 0 aliphatic heterocycles. The lowest BCUT2D eigenvalue weighted by Crippen LogP contribution is -2.49. The number of hydrogen-bond acceptors (Lipinski definition) is 3. The lowest BCUT2D eigenvalue weighted by atomic mass is 10.1. The van der Waals surface area contributed by atoms with Crippen LogP contribution in [0, 0.1) is 13.8 Å². The molecule has 0 bridgehead atoms. The van der Waals surface area contributed by atoms with Crippen LogP contribution in [0.15, 0.2) is 53.4 Å². The summed E-state index contributed by atoms with van der Waals surface area (Å²) in [6, 6.07) is 15.8. The van der Waals surface area contributed by atoms with Crippen LogP contribution >= 0.6 is 11.8 Å². The van der Waals surface area contributed by atoms with E-state index in [2.05, 4.69) is 5.32 Å². The van der Waals surface area contributed by atoms with E-state index in [4.69, 9.17) is 0 Å². The fourth-order valence-corrected chi connectivity index (χ4v) is 3.82. The maximum Gasteiger partial charge on any atom is 0.242 e. The van der Waals surface area contributed by atoms with Crippen molar-refractivity contribution in [2.45, 2.75) is 58.0 Å². The lowest BCUT2D eigenvalue weighted by Gasteiger charge is -2.30. The lowest BCUT2D eigenvalue weighted by molar-refractivity contribution is -0.139. The molecule has 0 aliphatic carbocycles. The van der Waals surface area contributed by atoms with Gasteiger partial charge in [0.05, 0.1) is 5.75 Å². The van der Waals surface area contributed by atoms with Crippen molar-refractivity contribution in [1.29, 1.82) is 0 Å². The van der Waals surface area contributed by atoms with E-state index < -0.39 is 6.04 Å². The molecule has 1 atom stereocenters. The number of carbonyl (C=O) groups excluding carboxylic acids is 2. The van der Waals surface area contributed by atoms with Crippen LogP contribution in [0.2, 0.25) is 0 Å². The summed E-state index contributed by atoms with van der Waals surface area (Å²) in [5, 5.41) is 2.95. The summed E-state index contributed by atoms with van der Waals surface area (Å²) in [7, 11) is 0. The summed E-state index contributed by atoms with van der Waals surface area (Å²) >= 11 is 1.51. The Hall–Kier alpha value is -2.27. The maximum atomic E-state index is 13.2. The molecule has 29 heavy (non-hydrogen) atoms. The first kappa shape index (κ1) is 23.0. The molecule has 2 amide bonds. The Bertz CT molecular complexity index is 788. The molecule has 0 radical (unpaired) electrons. The number of thioether (sulfide) groups is 1. The van der Waals surface area contributed by atoms with Crippen LogP contribution in [0.25, 0.3) is 0 Å². The summed E-state index contributed by atoms with van der Waals surface area (Å²) in [6.07, 6.45) is 1.46. The molecule has 2 aromatic rings. The molecule has 0 spiro atoms. The standard InChI is InChI=1S/C24H32N2O2S/c1-5-15-25-24(28)22(6-2)26(16-20-11-7-18(3)8-12-20)23(27)17-29-21-13-9-19(4)10-14-21/h7-14,22H,5-6,15-17H2,1-4H3,(H,25,28)/t22-/m1/s1. The number of benzene rings is 2. The molecule has 5 heteroatoms. The van der Waals surface area contributed by atoms with Crippen LogP contribution in [0.3, 0.4) is 0 Å². The largest absolute Gasteiger partial charge is 0.354 e. The number of carbonyl (C=O) groups is 2. The van der Waals surface area contributed by atoms with E-state index in [0.29, 0.717) is 25.3 Å². The predicted molar refractivity (Wildman–Crippen MR) is 121 cm³/mol. The molecule has 0 heterocycles. The fraction of sp³-hybridized carbons (Fsp3) is 0.417. The Morgan fingerprint density at radius 2 is 1.55 bits per heavy atom. The van der Waals surface area contributed by atoms with Gasteiger partial charge in [0, 0.05) is 18.0 Å². The summed E-state index contributed by atoms with van der Waals surface area (Å²) < 4.78 is 0. The molecule has 0 saturated heterocycles. The van der Waals surface area contributed by atoms with Crippen molar-refractivity contribution in [2.75, 3.05) is 12.3 Å². The van der Waals surface area contributed by atoms with Gasteiger partial charge in [0.1, 0.15) is 6.04 Å². The second-order valence-corrected chi connectivity index (χ2v) is 8.37. The van der Waals surface area contributed by atoms with Gasteiger partial charge in [-0.1, -0.05) is 61.4 Å². The molecular formula is C24H32N2O2S. The van der Waals surface area contributed by atoms with Crippen LogP contribution in [0.5, 0.6) is 0 Å². The van der Waals surface area contributed by atoms with Gasteiger partial charge in [0.2, 0.25) is 11.8 Å². The van der Waals surface area contributed by atoms with Crippen LogP contribution < -0.4 is 5.32 Å². The number of hydrogen-bond donors (Lipinski definition) is 1. The quantitative estimate of drug-likeness (QED) is 0.574. The highest BCUT2D eigenvalue weighted by molar-refractivity contribution is 8.00. The Morgan fingerprint density at radius 3 is 2.10 bits per heavy atom. The zero-order valence-electron chi connectivity index (χ0n) is 17.9. The second-order valence-electron chi connectivity index (χ2n) is 7.32. The summed E-state index contributed by atoms with van der Waals surface area (Å²) in [5.41, 5.74) is 3.40. The van der Waals surface area contributed by atoms with E-state index in [9.17, 15) is 9.59 Å². The Labute approximate surface area is 179 Å². The number of aryl methyl sites for hydroxylation is 2. The average molecular weight is 413 g/mol. The SMILES string of the molecule is CCCNC(=O)[C@@H](CC)N(Cc1ccc(C)cc1)C(=O)CSc1ccc(C)cc1. The highest BCUT2D eigenvalue weighted by atomic mass is 32.2. The Kier molecular flexibility index (Phi) is 9.26. The topological polar surface area (TPSA) is 49.4 Å². The van der Waals surface area contributed by atoms with Crippen molar-refractivity contribution in [3.05, 3.63) is 65.2 Å².